The van der Waals surface area contributed by atoms with Crippen LogP contribution in [0, 0.1) is 10.8 Å². The predicted molar refractivity (Wildman–Crippen MR) is 134 cm³/mol. The van der Waals surface area contributed by atoms with Crippen LogP contribution in [0.4, 0.5) is 0 Å². The molecule has 7 heteroatoms. The summed E-state index contributed by atoms with van der Waals surface area (Å²) in [6.45, 7) is 3.38. The first-order valence-corrected chi connectivity index (χ1v) is 11.5. The van der Waals surface area contributed by atoms with Gasteiger partial charge in [-0.25, -0.2) is 0 Å². The molecule has 34 heavy (non-hydrogen) atoms. The Morgan fingerprint density at radius 1 is 1.12 bits per heavy atom. The second-order valence-electron chi connectivity index (χ2n) is 8.89. The molecule has 3 aromatic rings. The van der Waals surface area contributed by atoms with Gasteiger partial charge in [-0.1, -0.05) is 42.5 Å². The molecular weight excluding hydrogens is 428 g/mol. The van der Waals surface area contributed by atoms with Crippen molar-refractivity contribution in [2.75, 3.05) is 13.1 Å². The molecule has 1 fully saturated rings. The van der Waals surface area contributed by atoms with Gasteiger partial charge in [-0.05, 0) is 66.3 Å². The van der Waals surface area contributed by atoms with Crippen molar-refractivity contribution >= 4 is 28.4 Å². The number of aliphatic carboxylic acids is 1. The molecule has 5 N–H and O–H groups in total. The van der Waals surface area contributed by atoms with E-state index in [1.165, 1.54) is 0 Å². The first-order valence-electron chi connectivity index (χ1n) is 11.5. The summed E-state index contributed by atoms with van der Waals surface area (Å²) in [6.07, 6.45) is 2.30. The fourth-order valence-corrected chi connectivity index (χ4v) is 4.48. The smallest absolute Gasteiger partial charge is 0.311 e. The number of nitrogens with one attached hydrogen (secondary N) is 2. The van der Waals surface area contributed by atoms with Crippen LogP contribution in [-0.4, -0.2) is 46.8 Å². The van der Waals surface area contributed by atoms with Gasteiger partial charge in [-0.2, -0.15) is 0 Å². The van der Waals surface area contributed by atoms with Gasteiger partial charge in [0.2, 0.25) is 0 Å². The summed E-state index contributed by atoms with van der Waals surface area (Å²) in [7, 11) is 0. The molecule has 1 aliphatic rings. The standard InChI is InChI=1S/C27H30N4O3/c1-17(28)31-12-2-3-24(16-31)34-23-10-8-20(9-11-23)25(27(32)33)14-18-4-5-19-6-7-21(26(29)30)15-22(19)13-18/h4-11,13,15,24-25,28H,2-3,12,14,16H2,1H3,(H3,29,30)(H,32,33)/t24-,25?/m1/s1. The first kappa shape index (κ1) is 23.3. The Hall–Kier alpha value is -3.87. The Morgan fingerprint density at radius 2 is 1.85 bits per heavy atom. The summed E-state index contributed by atoms with van der Waals surface area (Å²) >= 11 is 0. The number of hydrogen-bond donors (Lipinski definition) is 4. The summed E-state index contributed by atoms with van der Waals surface area (Å²) < 4.78 is 6.11. The average Bonchev–Trinajstić information content (AvgIpc) is 2.82. The SMILES string of the molecule is CC(=N)N1CCC[C@@H](Oc2ccc(C(Cc3ccc4ccc(C(=N)N)cc4c3)C(=O)O)cc2)C1. The van der Waals surface area contributed by atoms with E-state index in [0.717, 1.165) is 41.3 Å². The number of nitrogen functional groups attached to an aromatic ring is 1. The van der Waals surface area contributed by atoms with Crippen molar-refractivity contribution in [2.24, 2.45) is 5.73 Å². The zero-order chi connectivity index (χ0) is 24.2. The second-order valence-corrected chi connectivity index (χ2v) is 8.89. The van der Waals surface area contributed by atoms with Crippen molar-refractivity contribution in [1.82, 2.24) is 4.90 Å². The molecule has 3 aromatic carbocycles. The first-order chi connectivity index (χ1) is 16.3. The Labute approximate surface area is 199 Å². The summed E-state index contributed by atoms with van der Waals surface area (Å²) in [5.74, 6) is -0.292. The van der Waals surface area contributed by atoms with E-state index in [1.54, 1.807) is 6.92 Å². The van der Waals surface area contributed by atoms with Crippen LogP contribution in [0.2, 0.25) is 0 Å². The lowest BCUT2D eigenvalue weighted by atomic mass is 9.91. The third-order valence-corrected chi connectivity index (χ3v) is 6.39. The van der Waals surface area contributed by atoms with Gasteiger partial charge in [0.25, 0.3) is 0 Å². The van der Waals surface area contributed by atoms with Crippen molar-refractivity contribution < 1.29 is 14.6 Å². The molecule has 2 atom stereocenters. The number of carboxylic acids is 1. The zero-order valence-electron chi connectivity index (χ0n) is 19.3. The molecule has 0 aliphatic carbocycles. The van der Waals surface area contributed by atoms with Crippen LogP contribution in [0.25, 0.3) is 10.8 Å². The maximum atomic E-state index is 12.1. The Balaban J connectivity index is 1.48. The number of nitrogens with two attached hydrogens (primary N) is 1. The number of rotatable bonds is 7. The molecule has 0 saturated carbocycles. The average molecular weight is 459 g/mol. The number of nitrogens with zero attached hydrogens (tertiary/aromatic N) is 1. The molecule has 176 valence electrons. The number of ether oxygens (including phenoxy) is 1. The fourth-order valence-electron chi connectivity index (χ4n) is 4.48. The van der Waals surface area contributed by atoms with Crippen molar-refractivity contribution in [3.63, 3.8) is 0 Å². The van der Waals surface area contributed by atoms with Crippen molar-refractivity contribution in [3.8, 4) is 5.75 Å². The Bertz CT molecular complexity index is 1220. The molecule has 4 rings (SSSR count). The van der Waals surface area contributed by atoms with Gasteiger partial charge >= 0.3 is 5.97 Å². The number of amidine groups is 2. The van der Waals surface area contributed by atoms with E-state index < -0.39 is 11.9 Å². The normalized spacial score (nSPS) is 16.7. The molecule has 0 spiro atoms. The monoisotopic (exact) mass is 458 g/mol. The minimum absolute atomic E-state index is 0.00641. The molecule has 1 aliphatic heterocycles. The van der Waals surface area contributed by atoms with Crippen LogP contribution in [0.1, 0.15) is 42.4 Å². The van der Waals surface area contributed by atoms with Gasteiger partial charge in [0.15, 0.2) is 0 Å². The van der Waals surface area contributed by atoms with E-state index in [0.29, 0.717) is 30.1 Å². The largest absolute Gasteiger partial charge is 0.489 e. The number of carbonyl (C=O) groups is 1. The molecule has 0 bridgehead atoms. The van der Waals surface area contributed by atoms with Crippen LogP contribution >= 0.6 is 0 Å². The summed E-state index contributed by atoms with van der Waals surface area (Å²) in [6, 6.07) is 18.8. The lowest BCUT2D eigenvalue weighted by molar-refractivity contribution is -0.138. The van der Waals surface area contributed by atoms with E-state index in [-0.39, 0.29) is 11.9 Å². The Morgan fingerprint density at radius 3 is 2.53 bits per heavy atom. The van der Waals surface area contributed by atoms with Crippen LogP contribution < -0.4 is 10.5 Å². The minimum atomic E-state index is -0.879. The highest BCUT2D eigenvalue weighted by Gasteiger charge is 2.23. The van der Waals surface area contributed by atoms with Crippen molar-refractivity contribution in [2.45, 2.75) is 38.2 Å². The van der Waals surface area contributed by atoms with Crippen LogP contribution in [0.5, 0.6) is 5.75 Å². The van der Waals surface area contributed by atoms with E-state index in [1.807, 2.05) is 65.6 Å². The highest BCUT2D eigenvalue weighted by Crippen LogP contribution is 2.27. The van der Waals surface area contributed by atoms with Gasteiger partial charge in [0.1, 0.15) is 17.7 Å². The van der Waals surface area contributed by atoms with Crippen molar-refractivity contribution in [1.29, 1.82) is 10.8 Å². The van der Waals surface area contributed by atoms with E-state index >= 15 is 0 Å². The number of carboxylic acid groups (broad SMARTS) is 1. The van der Waals surface area contributed by atoms with Gasteiger partial charge < -0.3 is 20.5 Å². The van der Waals surface area contributed by atoms with Gasteiger partial charge in [-0.15, -0.1) is 0 Å². The molecule has 0 amide bonds. The minimum Gasteiger partial charge on any atom is -0.489 e. The van der Waals surface area contributed by atoms with Gasteiger partial charge in [-0.3, -0.25) is 15.6 Å². The fraction of sp³-hybridized carbons (Fsp3) is 0.296. The van der Waals surface area contributed by atoms with Gasteiger partial charge in [0, 0.05) is 12.1 Å². The van der Waals surface area contributed by atoms with Crippen LogP contribution in [-0.2, 0) is 11.2 Å². The quantitative estimate of drug-likeness (QED) is 0.309. The van der Waals surface area contributed by atoms with Crippen molar-refractivity contribution in [3.05, 3.63) is 77.4 Å². The van der Waals surface area contributed by atoms with Gasteiger partial charge in [0.05, 0.1) is 18.3 Å². The number of benzene rings is 3. The number of hydrogen-bond acceptors (Lipinski definition) is 4. The third-order valence-electron chi connectivity index (χ3n) is 6.39. The molecule has 1 unspecified atom stereocenters. The lowest BCUT2D eigenvalue weighted by Gasteiger charge is -2.33. The molecule has 0 radical (unpaired) electrons. The predicted octanol–water partition coefficient (Wildman–Crippen LogP) is 4.38. The number of fused-ring (bicyclic) bond motifs is 1. The number of likely N-dealkylation sites (tertiary alicyclic amines) is 1. The molecule has 7 nitrogen and oxygen atoms in total. The highest BCUT2D eigenvalue weighted by molar-refractivity contribution is 5.99. The topological polar surface area (TPSA) is 123 Å². The molecule has 0 aromatic heterocycles. The van der Waals surface area contributed by atoms with E-state index in [9.17, 15) is 9.90 Å². The zero-order valence-corrected chi connectivity index (χ0v) is 19.3. The maximum absolute atomic E-state index is 12.1. The highest BCUT2D eigenvalue weighted by atomic mass is 16.5. The Kier molecular flexibility index (Phi) is 6.82. The maximum Gasteiger partial charge on any atom is 0.311 e. The third kappa shape index (κ3) is 5.36. The lowest BCUT2D eigenvalue weighted by Crippen LogP contribution is -2.43. The molecule has 1 heterocycles. The number of piperidine rings is 1. The molecular formula is C27H30N4O3. The second kappa shape index (κ2) is 9.95. The van der Waals surface area contributed by atoms with E-state index in [4.69, 9.17) is 21.3 Å². The summed E-state index contributed by atoms with van der Waals surface area (Å²) in [4.78, 5) is 14.1. The summed E-state index contributed by atoms with van der Waals surface area (Å²) in [5, 5.41) is 27.4. The summed E-state index contributed by atoms with van der Waals surface area (Å²) in [5.41, 5.74) is 7.89. The molecule has 1 saturated heterocycles. The van der Waals surface area contributed by atoms with Crippen LogP contribution in [0.15, 0.2) is 60.7 Å². The van der Waals surface area contributed by atoms with Crippen LogP contribution in [0.3, 0.4) is 0 Å². The van der Waals surface area contributed by atoms with E-state index in [2.05, 4.69) is 0 Å².